The lowest BCUT2D eigenvalue weighted by atomic mass is 9.85. The molecule has 2 aromatic rings. The molecule has 5 aliphatic heterocycles. The van der Waals surface area contributed by atoms with E-state index < -0.39 is 24.6 Å². The highest BCUT2D eigenvalue weighted by Gasteiger charge is 2.40. The Morgan fingerprint density at radius 2 is 2.02 bits per heavy atom. The van der Waals surface area contributed by atoms with Crippen LogP contribution in [0.2, 0.25) is 0 Å². The van der Waals surface area contributed by atoms with Crippen LogP contribution in [0.4, 0.5) is 0 Å². The molecule has 252 valence electrons. The van der Waals surface area contributed by atoms with Crippen molar-refractivity contribution in [3.8, 4) is 35.4 Å². The van der Waals surface area contributed by atoms with E-state index in [1.165, 1.54) is 0 Å². The van der Waals surface area contributed by atoms with Crippen molar-refractivity contribution in [2.45, 2.75) is 95.7 Å². The monoisotopic (exact) mass is 659 g/mol. The molecule has 5 N–H and O–H groups in total. The summed E-state index contributed by atoms with van der Waals surface area (Å²) >= 11 is 0. The summed E-state index contributed by atoms with van der Waals surface area (Å²) in [6, 6.07) is 9.58. The molecular weight excluding hydrogens is 616 g/mol. The summed E-state index contributed by atoms with van der Waals surface area (Å²) in [6.07, 6.45) is 12.6. The number of fused-ring (bicyclic) bond motifs is 7. The summed E-state index contributed by atoms with van der Waals surface area (Å²) < 4.78 is 12.7. The minimum Gasteiger partial charge on any atom is -0.437 e. The third-order valence-corrected chi connectivity index (χ3v) is 10.1. The van der Waals surface area contributed by atoms with Crippen LogP contribution < -0.4 is 20.1 Å². The van der Waals surface area contributed by atoms with Gasteiger partial charge in [0, 0.05) is 50.1 Å². The van der Waals surface area contributed by atoms with Gasteiger partial charge in [0.05, 0.1) is 6.10 Å². The number of nitrogens with one attached hydrogen (secondary N) is 1. The van der Waals surface area contributed by atoms with Gasteiger partial charge in [0.2, 0.25) is 0 Å². The van der Waals surface area contributed by atoms with Crippen LogP contribution in [0.15, 0.2) is 63.4 Å². The largest absolute Gasteiger partial charge is 0.437 e. The van der Waals surface area contributed by atoms with Gasteiger partial charge in [-0.1, -0.05) is 62.1 Å². The molecule has 2 aromatic carbocycles. The lowest BCUT2D eigenvalue weighted by Crippen LogP contribution is -3.12. The maximum atomic E-state index is 12.7. The van der Waals surface area contributed by atoms with Crippen LogP contribution in [0.1, 0.15) is 92.0 Å². The molecule has 1 unspecified atom stereocenters. The van der Waals surface area contributed by atoms with Crippen LogP contribution in [-0.2, 0) is 24.1 Å². The van der Waals surface area contributed by atoms with Crippen LogP contribution >= 0.6 is 0 Å². The number of benzene rings is 2. The van der Waals surface area contributed by atoms with Crippen LogP contribution in [0.3, 0.4) is 0 Å². The zero-order valence-electron chi connectivity index (χ0n) is 27.9. The minimum atomic E-state index is -1.02. The number of quaternary nitrogens is 1. The highest BCUT2D eigenvalue weighted by Crippen LogP contribution is 2.36. The topological polar surface area (TPSA) is 131 Å². The molecule has 9 nitrogen and oxygen atoms in total. The average molecular weight is 660 g/mol. The number of aliphatic imine (C=N–C) groups is 2. The number of nitrogens with two attached hydrogens (primary N) is 1. The third-order valence-electron chi connectivity index (χ3n) is 10.1. The quantitative estimate of drug-likeness (QED) is 0.241. The maximum absolute atomic E-state index is 12.7. The van der Waals surface area contributed by atoms with Crippen LogP contribution in [-0.4, -0.2) is 47.3 Å². The molecule has 49 heavy (non-hydrogen) atoms. The Morgan fingerprint density at radius 1 is 1.14 bits per heavy atom. The molecule has 0 saturated heterocycles. The number of allylic oxidation sites excluding steroid dienone is 1. The van der Waals surface area contributed by atoms with Gasteiger partial charge in [-0.3, -0.25) is 19.7 Å². The fourth-order valence-corrected chi connectivity index (χ4v) is 7.36. The Balaban J connectivity index is 1.18. The number of hydrogen-bond acceptors (Lipinski definition) is 8. The summed E-state index contributed by atoms with van der Waals surface area (Å²) in [7, 11) is 0. The molecular formula is C40H43N4O5+. The fraction of sp³-hybridized carbons (Fsp3) is 0.425. The maximum Gasteiger partial charge on any atom is 0.251 e. The van der Waals surface area contributed by atoms with Crippen molar-refractivity contribution in [3.63, 3.8) is 0 Å². The Hall–Kier alpha value is -4.51. The number of unbranched alkanes of at least 4 members (excludes halogenated alkanes) is 2. The summed E-state index contributed by atoms with van der Waals surface area (Å²) in [5, 5.41) is 21.9. The zero-order chi connectivity index (χ0) is 33.9. The van der Waals surface area contributed by atoms with E-state index in [1.807, 2.05) is 42.8 Å². The summed E-state index contributed by atoms with van der Waals surface area (Å²) in [5.74, 6) is 10.4. The summed E-state index contributed by atoms with van der Waals surface area (Å²) in [4.78, 5) is 23.0. The van der Waals surface area contributed by atoms with Gasteiger partial charge < -0.3 is 25.4 Å². The molecule has 5 heterocycles. The number of carbonyl (C=O) groups excluding carboxylic acids is 1. The highest BCUT2D eigenvalue weighted by molar-refractivity contribution is 5.87. The number of hydrogen-bond donors (Lipinski definition) is 4. The lowest BCUT2D eigenvalue weighted by Gasteiger charge is -2.28. The number of aryl methyl sites for hydroxylation is 1. The SMILES string of the molecule is CCCCC[C@@H](O)CC(=O)CCc1ccc2c(c1)O[C@H]1[C@H](C#C[C@@H](O)c3ccc4c(c3CC3=C5C[NH+]1C=C5N=C3)CC=N[C@@H]4N)CC#CO2. The van der Waals surface area contributed by atoms with E-state index >= 15 is 0 Å². The first-order chi connectivity index (χ1) is 23.9. The lowest BCUT2D eigenvalue weighted by molar-refractivity contribution is -0.889. The van der Waals surface area contributed by atoms with E-state index in [2.05, 4.69) is 42.0 Å². The molecule has 0 aliphatic carbocycles. The molecule has 7 rings (SSSR count). The second-order valence-corrected chi connectivity index (χ2v) is 13.5. The molecule has 0 aromatic heterocycles. The van der Waals surface area contributed by atoms with E-state index in [4.69, 9.17) is 20.2 Å². The number of Topliss-reactive ketones (excluding diaryl/α,β-unsaturated/α-hetero) is 1. The third kappa shape index (κ3) is 7.13. The van der Waals surface area contributed by atoms with E-state index in [0.717, 1.165) is 68.8 Å². The number of aliphatic hydroxyl groups excluding tert-OH is 2. The first-order valence-corrected chi connectivity index (χ1v) is 17.5. The van der Waals surface area contributed by atoms with Gasteiger partial charge in [-0.15, -0.1) is 0 Å². The van der Waals surface area contributed by atoms with Crippen molar-refractivity contribution in [3.05, 3.63) is 81.2 Å². The molecule has 2 bridgehead atoms. The van der Waals surface area contributed by atoms with Crippen LogP contribution in [0.5, 0.6) is 11.5 Å². The number of ether oxygens (including phenoxy) is 2. The van der Waals surface area contributed by atoms with Gasteiger partial charge in [-0.2, -0.15) is 0 Å². The zero-order valence-corrected chi connectivity index (χ0v) is 27.9. The van der Waals surface area contributed by atoms with Crippen molar-refractivity contribution in [2.75, 3.05) is 6.54 Å². The molecule has 0 fully saturated rings. The normalized spacial score (nSPS) is 25.0. The van der Waals surface area contributed by atoms with E-state index in [-0.39, 0.29) is 18.1 Å². The van der Waals surface area contributed by atoms with Gasteiger partial charge in [-0.25, -0.2) is 0 Å². The average Bonchev–Trinajstić information content (AvgIpc) is 3.70. The van der Waals surface area contributed by atoms with Gasteiger partial charge in [0.1, 0.15) is 48.5 Å². The number of aliphatic hydroxyl groups is 2. The first kappa shape index (κ1) is 33.0. The van der Waals surface area contributed by atoms with Crippen LogP contribution in [0.25, 0.3) is 0 Å². The van der Waals surface area contributed by atoms with Crippen molar-refractivity contribution < 1.29 is 29.4 Å². The number of ketones is 1. The van der Waals surface area contributed by atoms with E-state index in [1.54, 1.807) is 0 Å². The first-order valence-electron chi connectivity index (χ1n) is 17.5. The second-order valence-electron chi connectivity index (χ2n) is 13.5. The number of carbonyl (C=O) groups is 1. The van der Waals surface area contributed by atoms with Gasteiger partial charge >= 0.3 is 0 Å². The van der Waals surface area contributed by atoms with E-state index in [9.17, 15) is 15.0 Å². The highest BCUT2D eigenvalue weighted by atomic mass is 16.5. The number of rotatable bonds is 9. The van der Waals surface area contributed by atoms with Crippen molar-refractivity contribution in [2.24, 2.45) is 21.6 Å². The number of nitrogens with zero attached hydrogens (tertiary/aromatic N) is 2. The van der Waals surface area contributed by atoms with Crippen molar-refractivity contribution in [1.82, 2.24) is 0 Å². The molecule has 5 aliphatic rings. The second kappa shape index (κ2) is 14.5. The van der Waals surface area contributed by atoms with Crippen molar-refractivity contribution >= 4 is 18.2 Å². The fourth-order valence-electron chi connectivity index (χ4n) is 7.36. The van der Waals surface area contributed by atoms with Gasteiger partial charge in [-0.05, 0) is 58.4 Å². The minimum absolute atomic E-state index is 0.0474. The smallest absolute Gasteiger partial charge is 0.251 e. The predicted molar refractivity (Wildman–Crippen MR) is 187 cm³/mol. The Labute approximate surface area is 287 Å². The Morgan fingerprint density at radius 3 is 2.90 bits per heavy atom. The van der Waals surface area contributed by atoms with Gasteiger partial charge in [0.25, 0.3) is 6.23 Å². The van der Waals surface area contributed by atoms with Crippen LogP contribution in [0, 0.1) is 29.8 Å². The predicted octanol–water partition coefficient (Wildman–Crippen LogP) is 3.58. The molecule has 6 atom stereocenters. The van der Waals surface area contributed by atoms with Crippen molar-refractivity contribution in [1.29, 1.82) is 0 Å². The Bertz CT molecular complexity index is 1890. The van der Waals surface area contributed by atoms with Gasteiger partial charge in [0.15, 0.2) is 11.5 Å². The molecule has 0 saturated carbocycles. The molecule has 0 radical (unpaired) electrons. The molecule has 9 heteroatoms. The molecule has 0 spiro atoms. The van der Waals surface area contributed by atoms with E-state index in [0.29, 0.717) is 56.6 Å². The summed E-state index contributed by atoms with van der Waals surface area (Å²) in [5.41, 5.74) is 14.3. The standard InChI is InChI=1S/C40H42N4O5/c1-2-3-4-7-28(45)21-29(46)11-8-25-9-15-37-38(19-25)49-40-26(6-5-18-48-37)10-14-36(47)31-12-13-32-30(16-17-42-39(32)41)33(31)20-27-22-43-35-24-44(40)23-34(27)35/h9,12-13,15,17,19,22,24,26,28,36,39-40,45,47H,2-4,6-8,11,16,20-21,23,41H2,1H3/p+1/t26-,28+,36+,39-,40-/m0/s1. The molecule has 0 amide bonds. The summed E-state index contributed by atoms with van der Waals surface area (Å²) in [6.45, 7) is 2.79. The Kier molecular flexibility index (Phi) is 9.79.